The lowest BCUT2D eigenvalue weighted by Crippen LogP contribution is -2.20. The van der Waals surface area contributed by atoms with Gasteiger partial charge in [0.1, 0.15) is 16.7 Å². The molecule has 12 aromatic rings. The van der Waals surface area contributed by atoms with E-state index in [-0.39, 0.29) is 5.56 Å². The first-order valence-corrected chi connectivity index (χ1v) is 18.8. The minimum atomic E-state index is -0.139. The van der Waals surface area contributed by atoms with Crippen LogP contribution in [0.1, 0.15) is 0 Å². The van der Waals surface area contributed by atoms with Crippen molar-refractivity contribution in [2.45, 2.75) is 0 Å². The summed E-state index contributed by atoms with van der Waals surface area (Å²) in [4.78, 5) is 35.2. The summed E-state index contributed by atoms with van der Waals surface area (Å²) in [5.41, 5.74) is 8.78. The SMILES string of the molecule is O=c1c2ccccc2c2c3ccccc3n3c4ccccc4nc3c2n1-c1cccc(-c2nc(-c3ccccc3)nc(-c3ccc4c(c3)oc3ccccc34)n2)c1. The van der Waals surface area contributed by atoms with Crippen molar-refractivity contribution in [1.82, 2.24) is 28.9 Å². The van der Waals surface area contributed by atoms with Gasteiger partial charge in [-0.15, -0.1) is 0 Å². The van der Waals surface area contributed by atoms with Crippen molar-refractivity contribution < 1.29 is 4.42 Å². The molecular formula is C49H28N6O2. The van der Waals surface area contributed by atoms with E-state index in [9.17, 15) is 4.79 Å². The molecule has 0 amide bonds. The number of benzene rings is 7. The Morgan fingerprint density at radius 2 is 1.05 bits per heavy atom. The van der Waals surface area contributed by atoms with Crippen molar-refractivity contribution in [1.29, 1.82) is 0 Å². The zero-order chi connectivity index (χ0) is 37.6. The van der Waals surface area contributed by atoms with Crippen LogP contribution in [0.25, 0.3) is 111 Å². The third-order valence-electron chi connectivity index (χ3n) is 10.9. The predicted octanol–water partition coefficient (Wildman–Crippen LogP) is 11.2. The number of pyridine rings is 2. The fourth-order valence-corrected chi connectivity index (χ4v) is 8.39. The topological polar surface area (TPSA) is 91.1 Å². The van der Waals surface area contributed by atoms with Crippen LogP contribution in [0.15, 0.2) is 179 Å². The minimum Gasteiger partial charge on any atom is -0.456 e. The predicted molar refractivity (Wildman–Crippen MR) is 228 cm³/mol. The quantitative estimate of drug-likeness (QED) is 0.167. The van der Waals surface area contributed by atoms with Crippen LogP contribution in [0.4, 0.5) is 0 Å². The van der Waals surface area contributed by atoms with E-state index in [1.807, 2.05) is 144 Å². The molecule has 0 N–H and O–H groups in total. The van der Waals surface area contributed by atoms with Gasteiger partial charge in [0, 0.05) is 43.6 Å². The van der Waals surface area contributed by atoms with Crippen LogP contribution in [-0.2, 0) is 0 Å². The van der Waals surface area contributed by atoms with Crippen molar-refractivity contribution >= 4 is 71.2 Å². The van der Waals surface area contributed by atoms with E-state index in [0.29, 0.717) is 34.2 Å². The molecule has 8 nitrogen and oxygen atoms in total. The number of imidazole rings is 1. The van der Waals surface area contributed by atoms with Crippen molar-refractivity contribution in [2.75, 3.05) is 0 Å². The molecule has 0 atom stereocenters. The van der Waals surface area contributed by atoms with Crippen LogP contribution in [0.5, 0.6) is 0 Å². The Labute approximate surface area is 323 Å². The average Bonchev–Trinajstić information content (AvgIpc) is 3.85. The van der Waals surface area contributed by atoms with E-state index in [0.717, 1.165) is 76.9 Å². The van der Waals surface area contributed by atoms with Crippen LogP contribution >= 0.6 is 0 Å². The summed E-state index contributed by atoms with van der Waals surface area (Å²) >= 11 is 0. The van der Waals surface area contributed by atoms with Gasteiger partial charge in [0.15, 0.2) is 23.1 Å². The van der Waals surface area contributed by atoms with E-state index >= 15 is 0 Å². The zero-order valence-corrected chi connectivity index (χ0v) is 30.2. The lowest BCUT2D eigenvalue weighted by molar-refractivity contribution is 0.669. The van der Waals surface area contributed by atoms with Gasteiger partial charge in [0.25, 0.3) is 5.56 Å². The number of hydrogen-bond donors (Lipinski definition) is 0. The number of hydrogen-bond acceptors (Lipinski definition) is 6. The van der Waals surface area contributed by atoms with E-state index in [4.69, 9.17) is 24.4 Å². The van der Waals surface area contributed by atoms with Gasteiger partial charge >= 0.3 is 0 Å². The second-order valence-corrected chi connectivity index (χ2v) is 14.2. The maximum Gasteiger partial charge on any atom is 0.263 e. The first-order chi connectivity index (χ1) is 28.2. The fourth-order valence-electron chi connectivity index (χ4n) is 8.39. The third kappa shape index (κ3) is 4.71. The molecule has 0 radical (unpaired) electrons. The lowest BCUT2D eigenvalue weighted by atomic mass is 10.0. The smallest absolute Gasteiger partial charge is 0.263 e. The molecule has 0 saturated heterocycles. The first-order valence-electron chi connectivity index (χ1n) is 18.8. The summed E-state index contributed by atoms with van der Waals surface area (Å²) in [5, 5.41) is 5.58. The minimum absolute atomic E-state index is 0.139. The molecule has 5 aromatic heterocycles. The number of para-hydroxylation sites is 4. The summed E-state index contributed by atoms with van der Waals surface area (Å²) in [6.07, 6.45) is 0. The number of fused-ring (bicyclic) bond motifs is 13. The second kappa shape index (κ2) is 12.0. The standard InChI is InChI=1S/C49H28N6O2/c56-49-36-19-5-4-18-35(36)43-37-20-6-9-22-39(37)55-40-23-10-8-21-38(40)50-48(55)44(43)54(49)32-16-12-15-30(27-32)46-51-45(29-13-2-1-3-14-29)52-47(53-46)31-25-26-34-33-17-7-11-24-41(33)57-42(34)28-31/h1-28H. The summed E-state index contributed by atoms with van der Waals surface area (Å²) < 4.78 is 10.2. The van der Waals surface area contributed by atoms with E-state index in [1.54, 1.807) is 0 Å². The first kappa shape index (κ1) is 31.4. The highest BCUT2D eigenvalue weighted by Gasteiger charge is 2.22. The Morgan fingerprint density at radius 3 is 1.88 bits per heavy atom. The molecule has 0 spiro atoms. The molecule has 0 bridgehead atoms. The van der Waals surface area contributed by atoms with E-state index in [2.05, 4.69) is 34.7 Å². The molecule has 57 heavy (non-hydrogen) atoms. The average molecular weight is 733 g/mol. The van der Waals surface area contributed by atoms with Gasteiger partial charge in [-0.25, -0.2) is 19.9 Å². The fraction of sp³-hybridized carbons (Fsp3) is 0. The van der Waals surface area contributed by atoms with E-state index < -0.39 is 0 Å². The van der Waals surface area contributed by atoms with Crippen molar-refractivity contribution in [2.24, 2.45) is 0 Å². The molecule has 0 aliphatic heterocycles. The van der Waals surface area contributed by atoms with Crippen molar-refractivity contribution in [3.63, 3.8) is 0 Å². The molecule has 0 fully saturated rings. The van der Waals surface area contributed by atoms with Crippen molar-refractivity contribution in [3.05, 3.63) is 180 Å². The molecule has 7 aromatic carbocycles. The van der Waals surface area contributed by atoms with Crippen LogP contribution < -0.4 is 5.56 Å². The monoisotopic (exact) mass is 732 g/mol. The molecular weight excluding hydrogens is 705 g/mol. The Kier molecular flexibility index (Phi) is 6.62. The van der Waals surface area contributed by atoms with Gasteiger partial charge in [-0.3, -0.25) is 13.8 Å². The number of rotatable bonds is 4. The van der Waals surface area contributed by atoms with Gasteiger partial charge in [-0.2, -0.15) is 0 Å². The van der Waals surface area contributed by atoms with Gasteiger partial charge in [-0.1, -0.05) is 115 Å². The molecule has 0 saturated carbocycles. The summed E-state index contributed by atoms with van der Waals surface area (Å²) in [7, 11) is 0. The molecule has 12 rings (SSSR count). The van der Waals surface area contributed by atoms with Crippen molar-refractivity contribution in [3.8, 4) is 39.9 Å². The maximum absolute atomic E-state index is 14.9. The summed E-state index contributed by atoms with van der Waals surface area (Å²) in [5.74, 6) is 1.53. The molecule has 5 heterocycles. The van der Waals surface area contributed by atoms with Crippen LogP contribution in [0.2, 0.25) is 0 Å². The third-order valence-corrected chi connectivity index (χ3v) is 10.9. The molecule has 266 valence electrons. The zero-order valence-electron chi connectivity index (χ0n) is 30.2. The van der Waals surface area contributed by atoms with E-state index in [1.165, 1.54) is 0 Å². The largest absolute Gasteiger partial charge is 0.456 e. The van der Waals surface area contributed by atoms with Crippen LogP contribution in [0.3, 0.4) is 0 Å². The second-order valence-electron chi connectivity index (χ2n) is 14.2. The van der Waals surface area contributed by atoms with Crippen LogP contribution in [0, 0.1) is 0 Å². The van der Waals surface area contributed by atoms with Gasteiger partial charge in [0.2, 0.25) is 0 Å². The Balaban J connectivity index is 1.13. The lowest BCUT2D eigenvalue weighted by Gasteiger charge is -2.17. The number of aromatic nitrogens is 6. The van der Waals surface area contributed by atoms with Gasteiger partial charge < -0.3 is 4.42 Å². The highest BCUT2D eigenvalue weighted by molar-refractivity contribution is 6.23. The number of furan rings is 1. The Bertz CT molecular complexity index is 3680. The summed E-state index contributed by atoms with van der Waals surface area (Å²) in [6, 6.07) is 56.2. The van der Waals surface area contributed by atoms with Gasteiger partial charge in [0.05, 0.1) is 22.2 Å². The normalized spacial score (nSPS) is 11.9. The maximum atomic E-state index is 14.9. The van der Waals surface area contributed by atoms with Gasteiger partial charge in [-0.05, 0) is 60.0 Å². The van der Waals surface area contributed by atoms with Crippen LogP contribution in [-0.4, -0.2) is 28.9 Å². The Morgan fingerprint density at radius 1 is 0.439 bits per heavy atom. The number of nitrogens with zero attached hydrogens (tertiary/aromatic N) is 6. The summed E-state index contributed by atoms with van der Waals surface area (Å²) in [6.45, 7) is 0. The molecule has 8 heteroatoms. The molecule has 0 aliphatic rings. The Hall–Kier alpha value is -7.97. The highest BCUT2D eigenvalue weighted by Crippen LogP contribution is 2.38. The highest BCUT2D eigenvalue weighted by atomic mass is 16.3. The molecule has 0 unspecified atom stereocenters. The molecule has 0 aliphatic carbocycles.